The van der Waals surface area contributed by atoms with Crippen LogP contribution in [0.5, 0.6) is 0 Å². The fourth-order valence-corrected chi connectivity index (χ4v) is 33.3. The largest absolute Gasteiger partial charge is 0.455 e. The molecule has 0 fully saturated rings. The van der Waals surface area contributed by atoms with Crippen molar-refractivity contribution in [2.75, 3.05) is 12.5 Å². The smallest absolute Gasteiger partial charge is 0.255 e. The van der Waals surface area contributed by atoms with Gasteiger partial charge < -0.3 is 4.12 Å². The first kappa shape index (κ1) is 20.3. The van der Waals surface area contributed by atoms with Gasteiger partial charge in [-0.2, -0.15) is 4.52 Å². The minimum absolute atomic E-state index is 0.752. The Kier molecular flexibility index (Phi) is 6.37. The van der Waals surface area contributed by atoms with Gasteiger partial charge in [0.25, 0.3) is 11.8 Å². The highest BCUT2D eigenvalue weighted by Gasteiger charge is 2.38. The Morgan fingerprint density at radius 2 is 1.30 bits per heavy atom. The molecule has 0 aromatic rings. The average molecular weight is 453 g/mol. The molecule has 0 spiro atoms. The maximum Gasteiger partial charge on any atom is 0.255 e. The van der Waals surface area contributed by atoms with Gasteiger partial charge in [0.05, 0.1) is 7.21 Å². The van der Waals surface area contributed by atoms with E-state index in [1.165, 1.54) is 0 Å². The van der Waals surface area contributed by atoms with Crippen molar-refractivity contribution in [3.05, 3.63) is 0 Å². The quantitative estimate of drug-likeness (QED) is 0.313. The number of hydrogen-bond acceptors (Lipinski definition) is 4. The number of rotatable bonds is 4. The van der Waals surface area contributed by atoms with Crippen molar-refractivity contribution in [1.82, 2.24) is 0 Å². The minimum Gasteiger partial charge on any atom is -0.455 e. The van der Waals surface area contributed by atoms with Crippen molar-refractivity contribution in [3.8, 4) is 0 Å². The fourth-order valence-electron chi connectivity index (χ4n) is 2.29. The standard InChI is InChI=1S/C7H20Cl4N3OP3Si2/c1-16(7-20(5,6)15-19(2,3)4)12-17(8,9)14-18(10,11)13-16/h7H2,1-6H3. The summed E-state index contributed by atoms with van der Waals surface area (Å²) in [6.45, 7) is 12.8. The van der Waals surface area contributed by atoms with Crippen LogP contribution in [0.25, 0.3) is 0 Å². The first-order valence-electron chi connectivity index (χ1n) is 5.90. The zero-order valence-electron chi connectivity index (χ0n) is 12.3. The van der Waals surface area contributed by atoms with Crippen LogP contribution < -0.4 is 0 Å². The number of hydrogen-bond donors (Lipinski definition) is 0. The molecule has 0 aromatic carbocycles. The van der Waals surface area contributed by atoms with Gasteiger partial charge in [0, 0.05) is 5.79 Å². The first-order chi connectivity index (χ1) is 8.54. The molecule has 0 aromatic heterocycles. The van der Waals surface area contributed by atoms with E-state index in [0.717, 1.165) is 5.79 Å². The molecule has 1 aliphatic rings. The van der Waals surface area contributed by atoms with E-state index in [0.29, 0.717) is 0 Å². The van der Waals surface area contributed by atoms with Crippen LogP contribution in [0.2, 0.25) is 32.7 Å². The van der Waals surface area contributed by atoms with Gasteiger partial charge in [0.1, 0.15) is 0 Å². The Morgan fingerprint density at radius 1 is 0.850 bits per heavy atom. The van der Waals surface area contributed by atoms with Crippen molar-refractivity contribution < 1.29 is 4.12 Å². The Bertz CT molecular complexity index is 555. The van der Waals surface area contributed by atoms with Crippen molar-refractivity contribution in [3.63, 3.8) is 0 Å². The van der Waals surface area contributed by atoms with E-state index in [2.05, 4.69) is 46.3 Å². The van der Waals surface area contributed by atoms with Crippen LogP contribution in [-0.2, 0) is 4.12 Å². The fraction of sp³-hybridized carbons (Fsp3) is 1.00. The van der Waals surface area contributed by atoms with Crippen LogP contribution in [-0.4, -0.2) is 29.1 Å². The van der Waals surface area contributed by atoms with Gasteiger partial charge in [-0.15, -0.1) is 0 Å². The molecule has 13 heteroatoms. The Balaban J connectivity index is 3.18. The van der Waals surface area contributed by atoms with E-state index < -0.39 is 35.7 Å². The molecule has 1 heterocycles. The van der Waals surface area contributed by atoms with Crippen LogP contribution >= 0.6 is 64.0 Å². The normalized spacial score (nSPS) is 29.1. The second-order valence-electron chi connectivity index (χ2n) is 6.40. The van der Waals surface area contributed by atoms with Gasteiger partial charge in [-0.3, -0.25) is 0 Å². The molecule has 0 aliphatic carbocycles. The third-order valence-electron chi connectivity index (χ3n) is 2.08. The third-order valence-corrected chi connectivity index (χ3v) is 23.6. The molecule has 0 radical (unpaired) electrons. The highest BCUT2D eigenvalue weighted by molar-refractivity contribution is 8.21. The lowest BCUT2D eigenvalue weighted by atomic mass is 11.8. The zero-order valence-corrected chi connectivity index (χ0v) is 20.0. The predicted octanol–water partition coefficient (Wildman–Crippen LogP) is 8.19. The second-order valence-corrected chi connectivity index (χ2v) is 29.1. The Labute approximate surface area is 143 Å². The number of nitrogens with zero attached hydrogens (tertiary/aromatic N) is 3. The maximum atomic E-state index is 6.34. The summed E-state index contributed by atoms with van der Waals surface area (Å²) in [5, 5.41) is 0. The SMILES string of the molecule is C[Si](C)(C)O[Si](C)(C)CP1(C)=NP(Cl)(Cl)=NP(Cl)(Cl)=N1. The van der Waals surface area contributed by atoms with Crippen LogP contribution in [0.15, 0.2) is 13.5 Å². The van der Waals surface area contributed by atoms with Crippen molar-refractivity contribution >= 4 is 80.6 Å². The van der Waals surface area contributed by atoms with Gasteiger partial charge in [0.2, 0.25) is 0 Å². The molecule has 1 rings (SSSR count). The molecule has 20 heavy (non-hydrogen) atoms. The summed E-state index contributed by atoms with van der Waals surface area (Å²) < 4.78 is 19.4. The molecular formula is C7H20Cl4N3OP3Si2. The first-order valence-corrected chi connectivity index (χ1v) is 21.8. The molecular weight excluding hydrogens is 433 g/mol. The lowest BCUT2D eigenvalue weighted by molar-refractivity contribution is 0.557. The molecule has 4 nitrogen and oxygen atoms in total. The van der Waals surface area contributed by atoms with Crippen LogP contribution in [0.1, 0.15) is 0 Å². The summed E-state index contributed by atoms with van der Waals surface area (Å²) in [6.07, 6.45) is 0. The van der Waals surface area contributed by atoms with Crippen molar-refractivity contribution in [1.29, 1.82) is 0 Å². The number of halogens is 4. The van der Waals surface area contributed by atoms with Crippen LogP contribution in [0.4, 0.5) is 0 Å². The van der Waals surface area contributed by atoms with Crippen LogP contribution in [0, 0.1) is 0 Å². The van der Waals surface area contributed by atoms with Crippen LogP contribution in [0.3, 0.4) is 0 Å². The van der Waals surface area contributed by atoms with Crippen molar-refractivity contribution in [2.24, 2.45) is 13.5 Å². The molecule has 0 saturated heterocycles. The second kappa shape index (κ2) is 6.28. The monoisotopic (exact) mass is 451 g/mol. The van der Waals surface area contributed by atoms with Gasteiger partial charge in [-0.1, -0.05) is 0 Å². The maximum absolute atomic E-state index is 6.34. The summed E-state index contributed by atoms with van der Waals surface area (Å²) in [6, 6.07) is 0. The topological polar surface area (TPSA) is 46.3 Å². The molecule has 0 bridgehead atoms. The van der Waals surface area contributed by atoms with E-state index in [1.54, 1.807) is 0 Å². The predicted molar refractivity (Wildman–Crippen MR) is 104 cm³/mol. The Hall–Kier alpha value is 2.24. The zero-order chi connectivity index (χ0) is 16.0. The minimum atomic E-state index is -2.80. The van der Waals surface area contributed by atoms with E-state index in [9.17, 15) is 0 Å². The summed E-state index contributed by atoms with van der Waals surface area (Å²) >= 11 is 24.6. The van der Waals surface area contributed by atoms with E-state index in [4.69, 9.17) is 49.1 Å². The lowest BCUT2D eigenvalue weighted by Crippen LogP contribution is -2.45. The van der Waals surface area contributed by atoms with Gasteiger partial charge in [0.15, 0.2) is 16.6 Å². The van der Waals surface area contributed by atoms with E-state index >= 15 is 0 Å². The highest BCUT2D eigenvalue weighted by Crippen LogP contribution is 2.84. The van der Waals surface area contributed by atoms with Gasteiger partial charge in [-0.05, 0) is 84.4 Å². The molecule has 1 atom stereocenters. The lowest BCUT2D eigenvalue weighted by Gasteiger charge is -2.35. The molecule has 0 saturated carbocycles. The van der Waals surface area contributed by atoms with E-state index in [-0.39, 0.29) is 0 Å². The summed E-state index contributed by atoms with van der Waals surface area (Å²) in [4.78, 5) is 0. The summed E-state index contributed by atoms with van der Waals surface area (Å²) in [5.41, 5.74) is 0. The summed E-state index contributed by atoms with van der Waals surface area (Å²) in [7, 11) is -5.69. The van der Waals surface area contributed by atoms with Crippen molar-refractivity contribution in [2.45, 2.75) is 32.7 Å². The molecule has 0 amide bonds. The third kappa shape index (κ3) is 7.21. The average Bonchev–Trinajstić information content (AvgIpc) is 1.83. The van der Waals surface area contributed by atoms with Gasteiger partial charge in [-0.25, -0.2) is 9.03 Å². The van der Waals surface area contributed by atoms with E-state index in [1.807, 2.05) is 6.66 Å². The molecule has 120 valence electrons. The Morgan fingerprint density at radius 3 is 1.70 bits per heavy atom. The molecule has 1 aliphatic heterocycles. The molecule has 1 unspecified atom stereocenters. The van der Waals surface area contributed by atoms with Gasteiger partial charge >= 0.3 is 0 Å². The summed E-state index contributed by atoms with van der Waals surface area (Å²) in [5.74, 6) is -4.85. The highest BCUT2D eigenvalue weighted by atomic mass is 35.9. The molecule has 0 N–H and O–H groups in total.